The standard InChI is InChI=1S/C16H18ClFN4O4S/c17-14-9-11(10-22-5-1-4-19-22)8-13(15(14)18)16(23)20-21-27(24,25)12-2-6-26-7-3-12/h1,4-5,8-9,12,21H,2-3,6-7,10H2,(H,20,23). The summed E-state index contributed by atoms with van der Waals surface area (Å²) in [5.74, 6) is -1.86. The number of nitrogens with zero attached hydrogens (tertiary/aromatic N) is 2. The summed E-state index contributed by atoms with van der Waals surface area (Å²) in [5.41, 5.74) is 2.23. The molecule has 2 heterocycles. The molecule has 1 aliphatic heterocycles. The molecule has 2 aromatic rings. The molecular weight excluding hydrogens is 399 g/mol. The molecule has 0 unspecified atom stereocenters. The third-order valence-electron chi connectivity index (χ3n) is 4.15. The molecule has 1 amide bonds. The molecule has 146 valence electrons. The molecule has 11 heteroatoms. The van der Waals surface area contributed by atoms with Gasteiger partial charge in [0.05, 0.1) is 22.4 Å². The Morgan fingerprint density at radius 2 is 2.11 bits per heavy atom. The number of carbonyl (C=O) groups excluding carboxylic acids is 1. The maximum atomic E-state index is 14.3. The predicted octanol–water partition coefficient (Wildman–Crippen LogP) is 1.47. The van der Waals surface area contributed by atoms with Crippen LogP contribution in [0.2, 0.25) is 5.02 Å². The fourth-order valence-electron chi connectivity index (χ4n) is 2.74. The largest absolute Gasteiger partial charge is 0.381 e. The lowest BCUT2D eigenvalue weighted by molar-refractivity contribution is 0.0934. The summed E-state index contributed by atoms with van der Waals surface area (Å²) in [7, 11) is -3.79. The zero-order valence-electron chi connectivity index (χ0n) is 14.2. The fourth-order valence-corrected chi connectivity index (χ4v) is 4.19. The molecule has 1 aromatic carbocycles. The Hall–Kier alpha value is -2.01. The van der Waals surface area contributed by atoms with Gasteiger partial charge in [0.2, 0.25) is 10.0 Å². The minimum atomic E-state index is -3.79. The van der Waals surface area contributed by atoms with Crippen LogP contribution in [0.1, 0.15) is 28.8 Å². The van der Waals surface area contributed by atoms with Crippen LogP contribution >= 0.6 is 11.6 Å². The first-order valence-electron chi connectivity index (χ1n) is 8.21. The number of hydrogen-bond acceptors (Lipinski definition) is 5. The molecule has 27 heavy (non-hydrogen) atoms. The molecule has 0 radical (unpaired) electrons. The van der Waals surface area contributed by atoms with Crippen LogP contribution in [0.3, 0.4) is 0 Å². The summed E-state index contributed by atoms with van der Waals surface area (Å²) >= 11 is 5.88. The molecule has 8 nitrogen and oxygen atoms in total. The summed E-state index contributed by atoms with van der Waals surface area (Å²) in [4.78, 5) is 14.3. The highest BCUT2D eigenvalue weighted by Gasteiger charge is 2.28. The third-order valence-corrected chi connectivity index (χ3v) is 6.16. The average molecular weight is 417 g/mol. The van der Waals surface area contributed by atoms with Crippen molar-refractivity contribution in [3.63, 3.8) is 0 Å². The molecule has 2 N–H and O–H groups in total. The van der Waals surface area contributed by atoms with E-state index in [4.69, 9.17) is 16.3 Å². The Labute approximate surface area is 160 Å². The van der Waals surface area contributed by atoms with E-state index in [9.17, 15) is 17.6 Å². The summed E-state index contributed by atoms with van der Waals surface area (Å²) in [6.45, 7) is 0.944. The number of sulfonamides is 1. The van der Waals surface area contributed by atoms with Crippen molar-refractivity contribution in [3.05, 3.63) is 52.6 Å². The summed E-state index contributed by atoms with van der Waals surface area (Å²) in [5, 5.41) is 3.12. The van der Waals surface area contributed by atoms with Crippen molar-refractivity contribution in [1.82, 2.24) is 20.0 Å². The van der Waals surface area contributed by atoms with Crippen LogP contribution in [0.4, 0.5) is 4.39 Å². The number of nitrogens with one attached hydrogen (secondary N) is 2. The maximum Gasteiger partial charge on any atom is 0.269 e. The van der Waals surface area contributed by atoms with Crippen molar-refractivity contribution in [3.8, 4) is 0 Å². The molecule has 0 aliphatic carbocycles. The van der Waals surface area contributed by atoms with Gasteiger partial charge in [-0.1, -0.05) is 11.6 Å². The molecule has 3 rings (SSSR count). The van der Waals surface area contributed by atoms with Gasteiger partial charge < -0.3 is 4.74 Å². The van der Waals surface area contributed by atoms with Gasteiger partial charge in [0.25, 0.3) is 5.91 Å². The third kappa shape index (κ3) is 4.83. The second kappa shape index (κ2) is 8.34. The quantitative estimate of drug-likeness (QED) is 0.694. The van der Waals surface area contributed by atoms with Crippen LogP contribution < -0.4 is 10.3 Å². The highest BCUT2D eigenvalue weighted by Crippen LogP contribution is 2.22. The van der Waals surface area contributed by atoms with E-state index in [-0.39, 0.29) is 17.1 Å². The molecule has 0 saturated carbocycles. The van der Waals surface area contributed by atoms with Crippen LogP contribution in [0.25, 0.3) is 0 Å². The number of benzene rings is 1. The lowest BCUT2D eigenvalue weighted by atomic mass is 10.1. The van der Waals surface area contributed by atoms with Gasteiger partial charge in [0.1, 0.15) is 0 Å². The maximum absolute atomic E-state index is 14.3. The van der Waals surface area contributed by atoms with Gasteiger partial charge >= 0.3 is 0 Å². The summed E-state index contributed by atoms with van der Waals surface area (Å²) < 4.78 is 45.5. The molecule has 1 fully saturated rings. The van der Waals surface area contributed by atoms with Crippen LogP contribution in [-0.4, -0.2) is 42.6 Å². The van der Waals surface area contributed by atoms with Crippen molar-refractivity contribution >= 4 is 27.5 Å². The van der Waals surface area contributed by atoms with Gasteiger partial charge in [0, 0.05) is 25.6 Å². The number of ether oxygens (including phenoxy) is 1. The van der Waals surface area contributed by atoms with Gasteiger partial charge in [-0.3, -0.25) is 14.9 Å². The van der Waals surface area contributed by atoms with Crippen LogP contribution in [0.5, 0.6) is 0 Å². The van der Waals surface area contributed by atoms with Crippen LogP contribution in [0, 0.1) is 5.82 Å². The van der Waals surface area contributed by atoms with E-state index in [0.717, 1.165) is 0 Å². The second-order valence-electron chi connectivity index (χ2n) is 6.06. The fraction of sp³-hybridized carbons (Fsp3) is 0.375. The van der Waals surface area contributed by atoms with E-state index in [1.165, 1.54) is 12.1 Å². The zero-order chi connectivity index (χ0) is 19.4. The topological polar surface area (TPSA) is 102 Å². The monoisotopic (exact) mass is 416 g/mol. The van der Waals surface area contributed by atoms with Gasteiger partial charge in [0.15, 0.2) is 5.82 Å². The normalized spacial score (nSPS) is 15.6. The van der Waals surface area contributed by atoms with Crippen molar-refractivity contribution in [2.75, 3.05) is 13.2 Å². The van der Waals surface area contributed by atoms with E-state index in [1.54, 1.807) is 23.1 Å². The van der Waals surface area contributed by atoms with Gasteiger partial charge in [-0.05, 0) is 36.6 Å². The van der Waals surface area contributed by atoms with Crippen molar-refractivity contribution in [1.29, 1.82) is 0 Å². The highest BCUT2D eigenvalue weighted by molar-refractivity contribution is 7.90. The second-order valence-corrected chi connectivity index (χ2v) is 8.42. The Morgan fingerprint density at radius 1 is 1.37 bits per heavy atom. The minimum Gasteiger partial charge on any atom is -0.381 e. The number of hydrazine groups is 1. The molecule has 1 saturated heterocycles. The lowest BCUT2D eigenvalue weighted by Gasteiger charge is -2.22. The number of halogens is 2. The Morgan fingerprint density at radius 3 is 2.78 bits per heavy atom. The molecule has 0 spiro atoms. The molecule has 0 bridgehead atoms. The van der Waals surface area contributed by atoms with E-state index in [0.29, 0.717) is 31.6 Å². The van der Waals surface area contributed by atoms with Crippen molar-refractivity contribution < 1.29 is 22.3 Å². The van der Waals surface area contributed by atoms with Crippen molar-refractivity contribution in [2.45, 2.75) is 24.6 Å². The Kier molecular flexibility index (Phi) is 6.10. The van der Waals surface area contributed by atoms with Gasteiger partial charge in [-0.2, -0.15) is 5.10 Å². The first-order chi connectivity index (χ1) is 12.9. The average Bonchev–Trinajstić information content (AvgIpc) is 3.16. The molecule has 1 aromatic heterocycles. The number of aromatic nitrogens is 2. The Bertz CT molecular complexity index is 915. The lowest BCUT2D eigenvalue weighted by Crippen LogP contribution is -2.47. The van der Waals surface area contributed by atoms with E-state index in [2.05, 4.69) is 10.5 Å². The zero-order valence-corrected chi connectivity index (χ0v) is 15.8. The highest BCUT2D eigenvalue weighted by atomic mass is 35.5. The first-order valence-corrected chi connectivity index (χ1v) is 10.1. The smallest absolute Gasteiger partial charge is 0.269 e. The minimum absolute atomic E-state index is 0.239. The number of hydrogen-bond donors (Lipinski definition) is 2. The number of amides is 1. The number of carbonyl (C=O) groups is 1. The SMILES string of the molecule is O=C(NNS(=O)(=O)C1CCOCC1)c1cc(Cn2cccn2)cc(Cl)c1F. The van der Waals surface area contributed by atoms with Crippen LogP contribution in [0.15, 0.2) is 30.6 Å². The van der Waals surface area contributed by atoms with Gasteiger partial charge in [-0.25, -0.2) is 12.8 Å². The Balaban J connectivity index is 1.72. The molecule has 0 atom stereocenters. The first kappa shape index (κ1) is 19.7. The van der Waals surface area contributed by atoms with E-state index < -0.39 is 27.0 Å². The number of rotatable bonds is 6. The van der Waals surface area contributed by atoms with Gasteiger partial charge in [-0.15, -0.1) is 4.83 Å². The van der Waals surface area contributed by atoms with E-state index >= 15 is 0 Å². The van der Waals surface area contributed by atoms with E-state index in [1.807, 2.05) is 4.83 Å². The molecule has 1 aliphatic rings. The molecular formula is C16H18ClFN4O4S. The predicted molar refractivity (Wildman–Crippen MR) is 96.1 cm³/mol. The van der Waals surface area contributed by atoms with Crippen LogP contribution in [-0.2, 0) is 21.3 Å². The summed E-state index contributed by atoms with van der Waals surface area (Å²) in [6.07, 6.45) is 3.94. The van der Waals surface area contributed by atoms with Crippen molar-refractivity contribution in [2.24, 2.45) is 0 Å². The summed E-state index contributed by atoms with van der Waals surface area (Å²) in [6, 6.07) is 4.42.